The molecule has 1 aliphatic heterocycles. The van der Waals surface area contributed by atoms with Crippen LogP contribution in [0.5, 0.6) is 0 Å². The van der Waals surface area contributed by atoms with E-state index in [1.807, 2.05) is 66.7 Å². The zero-order chi connectivity index (χ0) is 22.6. The average molecular weight is 456 g/mol. The predicted octanol–water partition coefficient (Wildman–Crippen LogP) is 5.76. The van der Waals surface area contributed by atoms with E-state index in [0.717, 1.165) is 46.7 Å². The van der Waals surface area contributed by atoms with Crippen LogP contribution in [0, 0.1) is 5.92 Å². The summed E-state index contributed by atoms with van der Waals surface area (Å²) in [6.45, 7) is 4.38. The van der Waals surface area contributed by atoms with Crippen LogP contribution in [-0.4, -0.2) is 34.2 Å². The van der Waals surface area contributed by atoms with E-state index in [-0.39, 0.29) is 5.91 Å². The number of hydrogen-bond acceptors (Lipinski definition) is 6. The molecule has 1 aliphatic rings. The minimum Gasteiger partial charge on any atom is -0.355 e. The Morgan fingerprint density at radius 1 is 0.939 bits per heavy atom. The predicted molar refractivity (Wildman–Crippen MR) is 134 cm³/mol. The number of benzene rings is 2. The number of hydrogen-bond donors (Lipinski definition) is 1. The van der Waals surface area contributed by atoms with Crippen LogP contribution >= 0.6 is 11.3 Å². The van der Waals surface area contributed by atoms with Gasteiger partial charge in [0.15, 0.2) is 5.82 Å². The average Bonchev–Trinajstić information content (AvgIpc) is 3.37. The third-order valence-corrected chi connectivity index (χ3v) is 6.85. The fourth-order valence-electron chi connectivity index (χ4n) is 3.90. The van der Waals surface area contributed by atoms with Gasteiger partial charge >= 0.3 is 0 Å². The molecule has 1 amide bonds. The van der Waals surface area contributed by atoms with Crippen molar-refractivity contribution in [3.8, 4) is 21.8 Å². The van der Waals surface area contributed by atoms with Crippen molar-refractivity contribution in [1.82, 2.24) is 15.2 Å². The summed E-state index contributed by atoms with van der Waals surface area (Å²) in [6.07, 6.45) is 2.40. The van der Waals surface area contributed by atoms with E-state index in [1.165, 1.54) is 24.2 Å². The maximum atomic E-state index is 12.6. The van der Waals surface area contributed by atoms with Gasteiger partial charge in [-0.3, -0.25) is 4.79 Å². The van der Waals surface area contributed by atoms with Gasteiger partial charge in [0.25, 0.3) is 5.91 Å². The molecule has 1 fully saturated rings. The molecule has 0 spiro atoms. The number of amides is 1. The molecule has 0 saturated carbocycles. The second-order valence-electron chi connectivity index (χ2n) is 8.38. The molecule has 4 aromatic rings. The smallest absolute Gasteiger partial charge is 0.275 e. The van der Waals surface area contributed by atoms with Gasteiger partial charge in [0.2, 0.25) is 0 Å². The molecule has 7 heteroatoms. The lowest BCUT2D eigenvalue weighted by Gasteiger charge is -2.30. The maximum absolute atomic E-state index is 12.6. The van der Waals surface area contributed by atoms with Crippen molar-refractivity contribution in [2.24, 2.45) is 5.92 Å². The van der Waals surface area contributed by atoms with Crippen molar-refractivity contribution >= 4 is 28.7 Å². The fraction of sp³-hybridized carbons (Fsp3) is 0.231. The van der Waals surface area contributed by atoms with Crippen LogP contribution in [0.1, 0.15) is 30.3 Å². The minimum absolute atomic E-state index is 0.221. The quantitative estimate of drug-likeness (QED) is 0.414. The number of piperidine rings is 1. The highest BCUT2D eigenvalue weighted by molar-refractivity contribution is 7.13. The van der Waals surface area contributed by atoms with Gasteiger partial charge in [-0.1, -0.05) is 49.4 Å². The Balaban J connectivity index is 1.23. The molecule has 33 heavy (non-hydrogen) atoms. The summed E-state index contributed by atoms with van der Waals surface area (Å²) in [6, 6.07) is 21.5. The summed E-state index contributed by atoms with van der Waals surface area (Å²) < 4.78 is 0. The summed E-state index contributed by atoms with van der Waals surface area (Å²) in [5, 5.41) is 14.4. The van der Waals surface area contributed by atoms with Gasteiger partial charge in [-0.05, 0) is 43.0 Å². The maximum Gasteiger partial charge on any atom is 0.275 e. The van der Waals surface area contributed by atoms with Crippen molar-refractivity contribution < 1.29 is 4.79 Å². The Labute approximate surface area is 197 Å². The molecule has 2 aromatic carbocycles. The molecule has 0 bridgehead atoms. The molecule has 5 rings (SSSR count). The van der Waals surface area contributed by atoms with Crippen molar-refractivity contribution in [3.63, 3.8) is 0 Å². The number of nitrogens with one attached hydrogen (secondary N) is 1. The van der Waals surface area contributed by atoms with E-state index in [1.54, 1.807) is 5.38 Å². The fourth-order valence-corrected chi connectivity index (χ4v) is 4.70. The van der Waals surface area contributed by atoms with Gasteiger partial charge in [0, 0.05) is 35.3 Å². The second kappa shape index (κ2) is 9.50. The lowest BCUT2D eigenvalue weighted by Crippen LogP contribution is -2.33. The highest BCUT2D eigenvalue weighted by atomic mass is 32.1. The van der Waals surface area contributed by atoms with Crippen LogP contribution < -0.4 is 10.2 Å². The van der Waals surface area contributed by atoms with Gasteiger partial charge in [-0.25, -0.2) is 4.98 Å². The van der Waals surface area contributed by atoms with E-state index in [0.29, 0.717) is 11.4 Å². The zero-order valence-corrected chi connectivity index (χ0v) is 19.3. The van der Waals surface area contributed by atoms with Crippen LogP contribution in [0.2, 0.25) is 0 Å². The number of aromatic nitrogens is 3. The van der Waals surface area contributed by atoms with Crippen LogP contribution in [0.15, 0.2) is 72.1 Å². The molecule has 0 radical (unpaired) electrons. The first-order valence-electron chi connectivity index (χ1n) is 11.2. The first-order valence-corrected chi connectivity index (χ1v) is 12.0. The Kier molecular flexibility index (Phi) is 6.13. The van der Waals surface area contributed by atoms with Gasteiger partial charge < -0.3 is 10.2 Å². The normalized spacial score (nSPS) is 14.3. The third-order valence-electron chi connectivity index (χ3n) is 5.95. The number of nitrogens with zero attached hydrogens (tertiary/aromatic N) is 4. The standard InChI is InChI=1S/C26H25N5OS/c1-18-13-15-31(16-14-18)24-12-11-22(29-30-24)19-7-9-21(10-8-19)27-25(32)23-17-33-26(28-23)20-5-3-2-4-6-20/h2-12,17-18H,13-16H2,1H3,(H,27,32). The number of rotatable bonds is 5. The van der Waals surface area contributed by atoms with E-state index >= 15 is 0 Å². The zero-order valence-electron chi connectivity index (χ0n) is 18.4. The Bertz CT molecular complexity index is 1210. The van der Waals surface area contributed by atoms with Gasteiger partial charge in [0.1, 0.15) is 10.7 Å². The number of thiazole rings is 1. The second-order valence-corrected chi connectivity index (χ2v) is 9.24. The molecule has 0 aliphatic carbocycles. The molecule has 6 nitrogen and oxygen atoms in total. The molecule has 0 atom stereocenters. The summed E-state index contributed by atoms with van der Waals surface area (Å²) >= 11 is 1.46. The van der Waals surface area contributed by atoms with Crippen molar-refractivity contribution in [2.45, 2.75) is 19.8 Å². The van der Waals surface area contributed by atoms with Gasteiger partial charge in [-0.15, -0.1) is 21.5 Å². The first kappa shape index (κ1) is 21.3. The lowest BCUT2D eigenvalue weighted by molar-refractivity contribution is 0.102. The Morgan fingerprint density at radius 2 is 1.70 bits per heavy atom. The summed E-state index contributed by atoms with van der Waals surface area (Å²) in [7, 11) is 0. The van der Waals surface area contributed by atoms with Crippen molar-refractivity contribution in [1.29, 1.82) is 0 Å². The molecule has 1 N–H and O–H groups in total. The van der Waals surface area contributed by atoms with E-state index in [9.17, 15) is 4.79 Å². The largest absolute Gasteiger partial charge is 0.355 e. The SMILES string of the molecule is CC1CCN(c2ccc(-c3ccc(NC(=O)c4csc(-c5ccccc5)n4)cc3)nn2)CC1. The molecular formula is C26H25N5OS. The van der Waals surface area contributed by atoms with Gasteiger partial charge in [-0.2, -0.15) is 0 Å². The first-order chi connectivity index (χ1) is 16.2. The summed E-state index contributed by atoms with van der Waals surface area (Å²) in [5.74, 6) is 1.50. The summed E-state index contributed by atoms with van der Waals surface area (Å²) in [4.78, 5) is 19.4. The van der Waals surface area contributed by atoms with E-state index < -0.39 is 0 Å². The van der Waals surface area contributed by atoms with Crippen LogP contribution in [-0.2, 0) is 0 Å². The van der Waals surface area contributed by atoms with Crippen molar-refractivity contribution in [2.75, 3.05) is 23.3 Å². The highest BCUT2D eigenvalue weighted by Crippen LogP contribution is 2.25. The molecular weight excluding hydrogens is 430 g/mol. The van der Waals surface area contributed by atoms with Crippen molar-refractivity contribution in [3.05, 3.63) is 77.8 Å². The van der Waals surface area contributed by atoms with Crippen LogP contribution in [0.25, 0.3) is 21.8 Å². The molecule has 0 unspecified atom stereocenters. The molecule has 1 saturated heterocycles. The molecule has 166 valence electrons. The number of carbonyl (C=O) groups excluding carboxylic acids is 1. The molecule has 3 heterocycles. The monoisotopic (exact) mass is 455 g/mol. The topological polar surface area (TPSA) is 71.0 Å². The molecule has 2 aromatic heterocycles. The van der Waals surface area contributed by atoms with E-state index in [2.05, 4.69) is 32.3 Å². The van der Waals surface area contributed by atoms with Crippen LogP contribution in [0.3, 0.4) is 0 Å². The Morgan fingerprint density at radius 3 is 2.39 bits per heavy atom. The number of carbonyl (C=O) groups is 1. The third kappa shape index (κ3) is 4.93. The Hall–Kier alpha value is -3.58. The lowest BCUT2D eigenvalue weighted by atomic mass is 9.99. The number of anilines is 2. The minimum atomic E-state index is -0.221. The highest BCUT2D eigenvalue weighted by Gasteiger charge is 2.17. The van der Waals surface area contributed by atoms with Gasteiger partial charge in [0.05, 0.1) is 5.69 Å². The summed E-state index contributed by atoms with van der Waals surface area (Å²) in [5.41, 5.74) is 3.91. The van der Waals surface area contributed by atoms with E-state index in [4.69, 9.17) is 0 Å². The van der Waals surface area contributed by atoms with Crippen LogP contribution in [0.4, 0.5) is 11.5 Å².